The van der Waals surface area contributed by atoms with E-state index in [9.17, 15) is 24.6 Å². The van der Waals surface area contributed by atoms with Crippen molar-refractivity contribution in [1.29, 1.82) is 0 Å². The van der Waals surface area contributed by atoms with Gasteiger partial charge in [0.15, 0.2) is 0 Å². The zero-order valence-electron chi connectivity index (χ0n) is 9.67. The molecule has 0 aromatic heterocycles. The molecule has 19 heavy (non-hydrogen) atoms. The smallest absolute Gasteiger partial charge is 0.305 e. The monoisotopic (exact) mass is 322 g/mol. The summed E-state index contributed by atoms with van der Waals surface area (Å²) in [5.74, 6) is -2.64. The summed E-state index contributed by atoms with van der Waals surface area (Å²) in [6.07, 6.45) is 0. The maximum Gasteiger partial charge on any atom is 0.305 e. The Balaban J connectivity index is 3.85. The number of halogens is 2. The van der Waals surface area contributed by atoms with Crippen LogP contribution < -0.4 is 0 Å². The van der Waals surface area contributed by atoms with Crippen LogP contribution in [0.1, 0.15) is 0 Å². The van der Waals surface area contributed by atoms with Gasteiger partial charge in [-0.15, -0.1) is 7.77 Å². The van der Waals surface area contributed by atoms with Crippen molar-refractivity contribution in [2.24, 2.45) is 0 Å². The fourth-order valence-corrected chi connectivity index (χ4v) is 1.26. The fraction of sp³-hybridized carbons (Fsp3) is 0.500. The molecule has 0 saturated carbocycles. The molecule has 0 aromatic rings. The maximum atomic E-state index is 12.1. The molecule has 0 spiro atoms. The Labute approximate surface area is 109 Å². The average molecular weight is 322 g/mol. The van der Waals surface area contributed by atoms with Crippen molar-refractivity contribution in [2.45, 2.75) is 0 Å². The number of hydrogen-bond acceptors (Lipinski definition) is 7. The van der Waals surface area contributed by atoms with Crippen LogP contribution in [0.15, 0.2) is 25.0 Å². The van der Waals surface area contributed by atoms with Gasteiger partial charge in [0.25, 0.3) is 11.9 Å². The lowest BCUT2D eigenvalue weighted by atomic mass is 10.8. The van der Waals surface area contributed by atoms with Crippen LogP contribution in [-0.4, -0.2) is 41.6 Å². The van der Waals surface area contributed by atoms with E-state index in [0.29, 0.717) is 0 Å². The molecule has 0 amide bonds. The second kappa shape index (κ2) is 7.28. The summed E-state index contributed by atoms with van der Waals surface area (Å²) in [6, 6.07) is 0. The molecule has 0 unspecified atom stereocenters. The Kier molecular flexibility index (Phi) is 6.76. The lowest BCUT2D eigenvalue weighted by Crippen LogP contribution is -2.10. The molecule has 0 radical (unpaired) electrons. The highest BCUT2D eigenvalue weighted by molar-refractivity contribution is 7.86. The van der Waals surface area contributed by atoms with E-state index in [1.165, 1.54) is 0 Å². The van der Waals surface area contributed by atoms with Gasteiger partial charge >= 0.3 is 20.4 Å². The summed E-state index contributed by atoms with van der Waals surface area (Å²) in [5, 5.41) is 0. The Bertz CT molecular complexity index is 475. The van der Waals surface area contributed by atoms with E-state index >= 15 is 0 Å². The molecule has 0 heterocycles. The minimum atomic E-state index is -4.66. The molecule has 0 bridgehead atoms. The predicted octanol–water partition coefficient (Wildman–Crippen LogP) is 0.577. The highest BCUT2D eigenvalue weighted by atomic mass is 32.3. The maximum absolute atomic E-state index is 12.1. The van der Waals surface area contributed by atoms with Gasteiger partial charge in [-0.3, -0.25) is 0 Å². The molecule has 0 aliphatic carbocycles. The second-order valence-corrected chi connectivity index (χ2v) is 6.00. The van der Waals surface area contributed by atoms with Crippen molar-refractivity contribution in [3.05, 3.63) is 25.0 Å². The van der Waals surface area contributed by atoms with Crippen molar-refractivity contribution in [3.8, 4) is 0 Å². The first-order valence-corrected chi connectivity index (χ1v) is 7.76. The van der Waals surface area contributed by atoms with E-state index in [2.05, 4.69) is 27.4 Å². The summed E-state index contributed by atoms with van der Waals surface area (Å²) in [7, 11) is -9.33. The van der Waals surface area contributed by atoms with Gasteiger partial charge in [0.1, 0.15) is 24.7 Å². The molecule has 0 aromatic carbocycles. The van der Waals surface area contributed by atoms with Crippen LogP contribution in [0.2, 0.25) is 0 Å². The van der Waals surface area contributed by atoms with E-state index in [1.54, 1.807) is 0 Å². The van der Waals surface area contributed by atoms with Crippen molar-refractivity contribution < 1.29 is 38.8 Å². The van der Waals surface area contributed by atoms with E-state index < -0.39 is 57.1 Å². The van der Waals surface area contributed by atoms with E-state index in [1.807, 2.05) is 0 Å². The predicted molar refractivity (Wildman–Crippen MR) is 61.1 cm³/mol. The summed E-state index contributed by atoms with van der Waals surface area (Å²) < 4.78 is 78.4. The zero-order chi connectivity index (χ0) is 15.1. The molecule has 112 valence electrons. The molecule has 0 fully saturated rings. The first kappa shape index (κ1) is 17.6. The highest BCUT2D eigenvalue weighted by Crippen LogP contribution is 2.06. The minimum absolute atomic E-state index is 0.434. The van der Waals surface area contributed by atoms with Gasteiger partial charge in [-0.25, -0.2) is 0 Å². The molecule has 0 saturated heterocycles. The number of rotatable bonds is 10. The van der Waals surface area contributed by atoms with Crippen molar-refractivity contribution in [1.82, 2.24) is 0 Å². The minimum Gasteiger partial charge on any atom is -0.464 e. The molecule has 0 rings (SSSR count). The third-order valence-electron chi connectivity index (χ3n) is 1.41. The summed E-state index contributed by atoms with van der Waals surface area (Å²) in [5.41, 5.74) is 0. The Morgan fingerprint density at radius 3 is 1.42 bits per heavy atom. The third kappa shape index (κ3) is 12.9. The number of ether oxygens (including phenoxy) is 3. The molecule has 0 aliphatic heterocycles. The van der Waals surface area contributed by atoms with Crippen LogP contribution in [0, 0.1) is 0 Å². The first-order valence-electron chi connectivity index (χ1n) is 4.65. The van der Waals surface area contributed by atoms with E-state index in [0.717, 1.165) is 0 Å². The topological polar surface area (TPSA) is 96.0 Å². The first-order chi connectivity index (χ1) is 8.49. The van der Waals surface area contributed by atoms with Crippen LogP contribution in [-0.2, 0) is 34.7 Å². The van der Waals surface area contributed by atoms with Crippen LogP contribution in [0.4, 0.5) is 7.77 Å². The van der Waals surface area contributed by atoms with Gasteiger partial charge in [-0.1, -0.05) is 0 Å². The van der Waals surface area contributed by atoms with Gasteiger partial charge < -0.3 is 14.2 Å². The molecule has 7 nitrogen and oxygen atoms in total. The van der Waals surface area contributed by atoms with Crippen LogP contribution in [0.5, 0.6) is 0 Å². The lowest BCUT2D eigenvalue weighted by molar-refractivity contribution is 0.00425. The third-order valence-corrected chi connectivity index (χ3v) is 2.72. The van der Waals surface area contributed by atoms with Crippen molar-refractivity contribution in [2.75, 3.05) is 24.7 Å². The molecule has 11 heteroatoms. The van der Waals surface area contributed by atoms with Crippen molar-refractivity contribution in [3.63, 3.8) is 0 Å². The number of hydrogen-bond donors (Lipinski definition) is 0. The second-order valence-electron chi connectivity index (χ2n) is 3.03. The Hall–Kier alpha value is -1.36. The molecular formula is C8H12F2O7S2. The normalized spacial score (nSPS) is 11.7. The zero-order valence-corrected chi connectivity index (χ0v) is 11.3. The van der Waals surface area contributed by atoms with Crippen molar-refractivity contribution >= 4 is 20.4 Å². The van der Waals surface area contributed by atoms with Gasteiger partial charge in [0.2, 0.25) is 0 Å². The van der Waals surface area contributed by atoms with Gasteiger partial charge in [0.05, 0.1) is 0 Å². The van der Waals surface area contributed by atoms with Crippen LogP contribution in [0.3, 0.4) is 0 Å². The standard InChI is InChI=1S/C8H12F2O7S2/c1-7(15-3-5-18(9,11)12)17-8(2)16-4-6-19(10,13)14/h1-6H2. The highest BCUT2D eigenvalue weighted by Gasteiger charge is 2.10. The molecule has 0 N–H and O–H groups in total. The average Bonchev–Trinajstić information content (AvgIpc) is 2.12. The lowest BCUT2D eigenvalue weighted by Gasteiger charge is -2.11. The fourth-order valence-electron chi connectivity index (χ4n) is 0.696. The summed E-state index contributed by atoms with van der Waals surface area (Å²) in [6.45, 7) is 5.28. The Morgan fingerprint density at radius 2 is 1.16 bits per heavy atom. The van der Waals surface area contributed by atoms with E-state index in [4.69, 9.17) is 0 Å². The SMILES string of the molecule is C=C(OCCS(=O)(=O)F)OC(=C)OCCS(=O)(=O)F. The quantitative estimate of drug-likeness (QED) is 0.429. The van der Waals surface area contributed by atoms with Gasteiger partial charge in [-0.05, 0) is 13.2 Å². The summed E-state index contributed by atoms with van der Waals surface area (Å²) >= 11 is 0. The molecule has 0 aliphatic rings. The van der Waals surface area contributed by atoms with E-state index in [-0.39, 0.29) is 0 Å². The van der Waals surface area contributed by atoms with Crippen LogP contribution >= 0.6 is 0 Å². The van der Waals surface area contributed by atoms with Gasteiger partial charge in [-0.2, -0.15) is 16.8 Å². The molecule has 0 atom stereocenters. The summed E-state index contributed by atoms with van der Waals surface area (Å²) in [4.78, 5) is 0. The molecular weight excluding hydrogens is 310 g/mol. The largest absolute Gasteiger partial charge is 0.464 e. The van der Waals surface area contributed by atoms with Crippen LogP contribution in [0.25, 0.3) is 0 Å². The van der Waals surface area contributed by atoms with Gasteiger partial charge in [0, 0.05) is 0 Å². The Morgan fingerprint density at radius 1 is 0.842 bits per heavy atom.